The van der Waals surface area contributed by atoms with Crippen LogP contribution >= 0.6 is 0 Å². The summed E-state index contributed by atoms with van der Waals surface area (Å²) in [5.74, 6) is 1.08. The molecule has 0 radical (unpaired) electrons. The first kappa shape index (κ1) is 16.1. The number of nitrogens with zero attached hydrogens (tertiary/aromatic N) is 2. The lowest BCUT2D eigenvalue weighted by Crippen LogP contribution is -2.39. The molecule has 0 spiro atoms. The minimum atomic E-state index is -3.49. The molecule has 1 aromatic rings. The van der Waals surface area contributed by atoms with Crippen molar-refractivity contribution in [1.29, 1.82) is 0 Å². The van der Waals surface area contributed by atoms with Crippen molar-refractivity contribution >= 4 is 10.2 Å². The zero-order valence-corrected chi connectivity index (χ0v) is 12.7. The summed E-state index contributed by atoms with van der Waals surface area (Å²) < 4.78 is 32.9. The van der Waals surface area contributed by atoms with Gasteiger partial charge in [-0.2, -0.15) is 17.4 Å². The molecule has 0 atom stereocenters. The Morgan fingerprint density at radius 1 is 1.37 bits per heavy atom. The Morgan fingerprint density at radius 3 is 2.58 bits per heavy atom. The molecule has 110 valence electrons. The van der Waals surface area contributed by atoms with Gasteiger partial charge in [0.25, 0.3) is 10.2 Å². The Morgan fingerprint density at radius 2 is 2.05 bits per heavy atom. The molecule has 19 heavy (non-hydrogen) atoms. The topological polar surface area (TPSA) is 87.5 Å². The molecule has 0 saturated heterocycles. The number of hydrogen-bond donors (Lipinski definition) is 2. The van der Waals surface area contributed by atoms with Crippen LogP contribution in [0.5, 0.6) is 0 Å². The van der Waals surface area contributed by atoms with Crippen molar-refractivity contribution in [3.8, 4) is 0 Å². The van der Waals surface area contributed by atoms with Crippen molar-refractivity contribution in [3.63, 3.8) is 0 Å². The number of hydrogen-bond acceptors (Lipinski definition) is 5. The molecule has 1 heterocycles. The van der Waals surface area contributed by atoms with Gasteiger partial charge in [-0.25, -0.2) is 4.98 Å². The van der Waals surface area contributed by atoms with Gasteiger partial charge >= 0.3 is 0 Å². The number of rotatable bonds is 8. The Balaban J connectivity index is 2.50. The van der Waals surface area contributed by atoms with Crippen LogP contribution in [-0.2, 0) is 16.8 Å². The first-order valence-electron chi connectivity index (χ1n) is 6.15. The number of aryl methyl sites for hydroxylation is 2. The van der Waals surface area contributed by atoms with E-state index in [1.165, 1.54) is 4.31 Å². The molecule has 1 aromatic heterocycles. The van der Waals surface area contributed by atoms with Crippen LogP contribution < -0.4 is 10.0 Å². The molecular formula is C11H22N4O3S. The summed E-state index contributed by atoms with van der Waals surface area (Å²) in [6.07, 6.45) is 0.755. The monoisotopic (exact) mass is 290 g/mol. The zero-order valence-electron chi connectivity index (χ0n) is 11.9. The predicted octanol–water partition coefficient (Wildman–Crippen LogP) is 0.167. The molecule has 0 amide bonds. The zero-order chi connectivity index (χ0) is 14.5. The normalized spacial score (nSPS) is 12.3. The van der Waals surface area contributed by atoms with Crippen LogP contribution in [0.25, 0.3) is 0 Å². The Kier molecular flexibility index (Phi) is 5.92. The van der Waals surface area contributed by atoms with Gasteiger partial charge in [0.05, 0.1) is 12.2 Å². The molecule has 0 aliphatic carbocycles. The second-order valence-electron chi connectivity index (χ2n) is 4.35. The molecule has 0 aliphatic heterocycles. The maximum atomic E-state index is 11.9. The largest absolute Gasteiger partial charge is 0.444 e. The molecule has 0 fully saturated rings. The quantitative estimate of drug-likeness (QED) is 0.666. The first-order chi connectivity index (χ1) is 8.86. The van der Waals surface area contributed by atoms with Gasteiger partial charge in [0.2, 0.25) is 5.89 Å². The molecule has 7 nitrogen and oxygen atoms in total. The van der Waals surface area contributed by atoms with Crippen LogP contribution in [0.4, 0.5) is 0 Å². The lowest BCUT2D eigenvalue weighted by Gasteiger charge is -2.16. The van der Waals surface area contributed by atoms with E-state index in [0.717, 1.165) is 18.7 Å². The molecule has 1 rings (SSSR count). The highest BCUT2D eigenvalue weighted by atomic mass is 32.2. The van der Waals surface area contributed by atoms with Crippen LogP contribution in [0.15, 0.2) is 4.42 Å². The van der Waals surface area contributed by atoms with Crippen LogP contribution in [0.1, 0.15) is 23.8 Å². The molecule has 0 unspecified atom stereocenters. The van der Waals surface area contributed by atoms with Crippen LogP contribution in [0.3, 0.4) is 0 Å². The van der Waals surface area contributed by atoms with E-state index in [4.69, 9.17) is 4.42 Å². The maximum Gasteiger partial charge on any atom is 0.279 e. The van der Waals surface area contributed by atoms with Crippen LogP contribution in [-0.4, -0.2) is 44.9 Å². The van der Waals surface area contributed by atoms with Crippen molar-refractivity contribution in [1.82, 2.24) is 19.3 Å². The molecular weight excluding hydrogens is 268 g/mol. The third-order valence-corrected chi connectivity index (χ3v) is 4.30. The summed E-state index contributed by atoms with van der Waals surface area (Å²) in [4.78, 5) is 4.13. The fourth-order valence-corrected chi connectivity index (χ4v) is 2.37. The van der Waals surface area contributed by atoms with Gasteiger partial charge in [-0.3, -0.25) is 0 Å². The van der Waals surface area contributed by atoms with Gasteiger partial charge in [-0.05, 0) is 33.9 Å². The smallest absolute Gasteiger partial charge is 0.279 e. The molecule has 2 N–H and O–H groups in total. The third kappa shape index (κ3) is 4.90. The molecule has 8 heteroatoms. The van der Waals surface area contributed by atoms with E-state index in [9.17, 15) is 8.42 Å². The number of nitrogens with one attached hydrogen (secondary N) is 2. The first-order valence-corrected chi connectivity index (χ1v) is 7.59. The summed E-state index contributed by atoms with van der Waals surface area (Å²) >= 11 is 0. The summed E-state index contributed by atoms with van der Waals surface area (Å²) in [6.45, 7) is 4.91. The van der Waals surface area contributed by atoms with E-state index in [1.54, 1.807) is 14.0 Å². The highest BCUT2D eigenvalue weighted by molar-refractivity contribution is 7.87. The van der Waals surface area contributed by atoms with Crippen molar-refractivity contribution in [3.05, 3.63) is 17.3 Å². The fourth-order valence-electron chi connectivity index (χ4n) is 1.48. The molecule has 0 bridgehead atoms. The Hall–Kier alpha value is -0.960. The van der Waals surface area contributed by atoms with E-state index in [1.807, 2.05) is 14.0 Å². The average Bonchev–Trinajstić information content (AvgIpc) is 2.67. The summed E-state index contributed by atoms with van der Waals surface area (Å²) in [5, 5.41) is 2.97. The average molecular weight is 290 g/mol. The third-order valence-electron chi connectivity index (χ3n) is 2.79. The minimum absolute atomic E-state index is 0.0629. The van der Waals surface area contributed by atoms with E-state index >= 15 is 0 Å². The number of aromatic nitrogens is 1. The highest BCUT2D eigenvalue weighted by Crippen LogP contribution is 2.08. The standard InChI is InChI=1S/C11H22N4O3S/c1-9-10(2)18-11(14-9)8-13-19(16,17)15(4)7-5-6-12-3/h12-13H,5-8H2,1-4H3. The van der Waals surface area contributed by atoms with Gasteiger partial charge in [0.15, 0.2) is 0 Å². The molecule has 0 aromatic carbocycles. The van der Waals surface area contributed by atoms with Crippen molar-refractivity contribution < 1.29 is 12.8 Å². The summed E-state index contributed by atoms with van der Waals surface area (Å²) in [6, 6.07) is 0. The summed E-state index contributed by atoms with van der Waals surface area (Å²) in [5.41, 5.74) is 0.775. The number of oxazole rings is 1. The molecule has 0 aliphatic rings. The van der Waals surface area contributed by atoms with Gasteiger partial charge in [-0.15, -0.1) is 0 Å². The minimum Gasteiger partial charge on any atom is -0.444 e. The second kappa shape index (κ2) is 6.99. The van der Waals surface area contributed by atoms with E-state index < -0.39 is 10.2 Å². The van der Waals surface area contributed by atoms with E-state index in [2.05, 4.69) is 15.0 Å². The van der Waals surface area contributed by atoms with E-state index in [-0.39, 0.29) is 6.54 Å². The van der Waals surface area contributed by atoms with Gasteiger partial charge in [-0.1, -0.05) is 0 Å². The van der Waals surface area contributed by atoms with Crippen molar-refractivity contribution in [2.45, 2.75) is 26.8 Å². The van der Waals surface area contributed by atoms with Gasteiger partial charge in [0.1, 0.15) is 5.76 Å². The lowest BCUT2D eigenvalue weighted by atomic mass is 10.4. The van der Waals surface area contributed by atoms with Crippen LogP contribution in [0, 0.1) is 13.8 Å². The summed E-state index contributed by atoms with van der Waals surface area (Å²) in [7, 11) is -0.108. The van der Waals surface area contributed by atoms with E-state index in [0.29, 0.717) is 18.2 Å². The second-order valence-corrected chi connectivity index (χ2v) is 6.22. The highest BCUT2D eigenvalue weighted by Gasteiger charge is 2.18. The van der Waals surface area contributed by atoms with Gasteiger partial charge in [0, 0.05) is 13.6 Å². The van der Waals surface area contributed by atoms with Crippen molar-refractivity contribution in [2.24, 2.45) is 0 Å². The van der Waals surface area contributed by atoms with Gasteiger partial charge < -0.3 is 9.73 Å². The Labute approximate surface area is 114 Å². The predicted molar refractivity (Wildman–Crippen MR) is 72.9 cm³/mol. The fraction of sp³-hybridized carbons (Fsp3) is 0.727. The lowest BCUT2D eigenvalue weighted by molar-refractivity contribution is 0.432. The Bertz CT molecular complexity index is 479. The molecule has 0 saturated carbocycles. The van der Waals surface area contributed by atoms with Crippen LogP contribution in [0.2, 0.25) is 0 Å². The van der Waals surface area contributed by atoms with Crippen molar-refractivity contribution in [2.75, 3.05) is 27.2 Å². The SMILES string of the molecule is CNCCCN(C)S(=O)(=O)NCc1nc(C)c(C)o1. The maximum absolute atomic E-state index is 11.9.